The van der Waals surface area contributed by atoms with Gasteiger partial charge in [-0.05, 0) is 48.9 Å². The first-order valence-corrected chi connectivity index (χ1v) is 14.4. The zero-order chi connectivity index (χ0) is 29.6. The van der Waals surface area contributed by atoms with Crippen LogP contribution in [0.15, 0.2) is 85.6 Å². The van der Waals surface area contributed by atoms with Gasteiger partial charge in [0.05, 0.1) is 29.8 Å². The Bertz CT molecular complexity index is 1650. The van der Waals surface area contributed by atoms with Gasteiger partial charge in [0, 0.05) is 54.9 Å². The third-order valence-electron chi connectivity index (χ3n) is 7.90. The number of aliphatic hydroxyl groups is 1. The zero-order valence-corrected chi connectivity index (χ0v) is 23.9. The molecule has 11 nitrogen and oxygen atoms in total. The fraction of sp³-hybridized carbons (Fsp3) is 0.281. The molecule has 0 bridgehead atoms. The smallest absolute Gasteiger partial charge is 0.223 e. The second-order valence-electron chi connectivity index (χ2n) is 10.8. The van der Waals surface area contributed by atoms with E-state index in [2.05, 4.69) is 71.1 Å². The van der Waals surface area contributed by atoms with E-state index in [-0.39, 0.29) is 12.1 Å². The number of hydrogen-bond acceptors (Lipinski definition) is 9. The molecule has 6 rings (SSSR count). The first kappa shape index (κ1) is 28.1. The van der Waals surface area contributed by atoms with Crippen molar-refractivity contribution < 1.29 is 5.11 Å². The first-order chi connectivity index (χ1) is 21.1. The summed E-state index contributed by atoms with van der Waals surface area (Å²) in [5, 5.41) is 38.8. The van der Waals surface area contributed by atoms with Gasteiger partial charge in [-0.2, -0.15) is 15.5 Å². The lowest BCUT2D eigenvalue weighted by molar-refractivity contribution is 0.113. The summed E-state index contributed by atoms with van der Waals surface area (Å²) < 4.78 is 1.79. The van der Waals surface area contributed by atoms with Crippen molar-refractivity contribution in [3.63, 3.8) is 0 Å². The average molecular weight is 575 g/mol. The highest BCUT2D eigenvalue weighted by atomic mass is 16.3. The summed E-state index contributed by atoms with van der Waals surface area (Å²) in [6, 6.07) is 20.9. The fourth-order valence-corrected chi connectivity index (χ4v) is 5.67. The van der Waals surface area contributed by atoms with E-state index in [1.807, 2.05) is 49.8 Å². The molecular weight excluding hydrogens is 540 g/mol. The topological polar surface area (TPSA) is 144 Å². The highest BCUT2D eigenvalue weighted by Crippen LogP contribution is 2.32. The van der Waals surface area contributed by atoms with Gasteiger partial charge < -0.3 is 15.3 Å². The van der Waals surface area contributed by atoms with Gasteiger partial charge in [0.2, 0.25) is 5.95 Å². The molecule has 1 aliphatic carbocycles. The Kier molecular flexibility index (Phi) is 8.40. The SMILES string of the molecule is Cn1cc(-c2ccc(N(C3CCC(Nc4ncc(C#N)c(-c5cn[nH]c5)n4)CC3)C(O)NCc3ccccc3)cc2)cn1. The summed E-state index contributed by atoms with van der Waals surface area (Å²) in [6.45, 7) is 0.554. The number of H-pyrrole nitrogens is 1. The Morgan fingerprint density at radius 3 is 2.49 bits per heavy atom. The monoisotopic (exact) mass is 574 g/mol. The highest BCUT2D eigenvalue weighted by molar-refractivity contribution is 5.66. The summed E-state index contributed by atoms with van der Waals surface area (Å²) >= 11 is 0. The number of aliphatic hydroxyl groups excluding tert-OH is 1. The number of nitrogens with one attached hydrogen (secondary N) is 3. The maximum atomic E-state index is 11.5. The van der Waals surface area contributed by atoms with Gasteiger partial charge in [0.15, 0.2) is 6.35 Å². The molecule has 1 aliphatic rings. The van der Waals surface area contributed by atoms with Crippen LogP contribution in [-0.4, -0.2) is 53.5 Å². The molecule has 0 amide bonds. The average Bonchev–Trinajstić information content (AvgIpc) is 3.74. The molecule has 0 saturated heterocycles. The van der Waals surface area contributed by atoms with Crippen molar-refractivity contribution in [2.24, 2.45) is 7.05 Å². The molecule has 218 valence electrons. The number of anilines is 2. The summed E-state index contributed by atoms with van der Waals surface area (Å²) in [5.74, 6) is 0.492. The first-order valence-electron chi connectivity index (χ1n) is 14.4. The number of rotatable bonds is 10. The number of nitriles is 1. The highest BCUT2D eigenvalue weighted by Gasteiger charge is 2.30. The van der Waals surface area contributed by atoms with Crippen molar-refractivity contribution in [2.75, 3.05) is 10.2 Å². The summed E-state index contributed by atoms with van der Waals surface area (Å²) in [6.07, 6.45) is 11.4. The molecule has 43 heavy (non-hydrogen) atoms. The minimum Gasteiger partial charge on any atom is -0.361 e. The third-order valence-corrected chi connectivity index (χ3v) is 7.90. The largest absolute Gasteiger partial charge is 0.361 e. The summed E-state index contributed by atoms with van der Waals surface area (Å²) in [7, 11) is 1.91. The second kappa shape index (κ2) is 12.9. The molecule has 5 aromatic rings. The minimum atomic E-state index is -0.863. The Morgan fingerprint density at radius 1 is 1.02 bits per heavy atom. The van der Waals surface area contributed by atoms with E-state index >= 15 is 0 Å². The lowest BCUT2D eigenvalue weighted by Gasteiger charge is -2.41. The predicted molar refractivity (Wildman–Crippen MR) is 164 cm³/mol. The lowest BCUT2D eigenvalue weighted by Crippen LogP contribution is -2.52. The normalized spacial score (nSPS) is 17.2. The molecule has 4 N–H and O–H groups in total. The molecule has 3 aromatic heterocycles. The molecule has 1 fully saturated rings. The van der Waals surface area contributed by atoms with E-state index in [4.69, 9.17) is 0 Å². The van der Waals surface area contributed by atoms with Crippen LogP contribution in [0.3, 0.4) is 0 Å². The van der Waals surface area contributed by atoms with Crippen molar-refractivity contribution in [2.45, 2.75) is 50.7 Å². The number of hydrogen-bond donors (Lipinski definition) is 4. The molecule has 1 atom stereocenters. The van der Waals surface area contributed by atoms with Gasteiger partial charge in [-0.15, -0.1) is 0 Å². The van der Waals surface area contributed by atoms with Crippen molar-refractivity contribution in [1.82, 2.24) is 35.3 Å². The zero-order valence-electron chi connectivity index (χ0n) is 23.9. The lowest BCUT2D eigenvalue weighted by atomic mass is 9.89. The Hall–Kier alpha value is -5.05. The van der Waals surface area contributed by atoms with Crippen LogP contribution < -0.4 is 15.5 Å². The van der Waals surface area contributed by atoms with Crippen LogP contribution in [0.4, 0.5) is 11.6 Å². The van der Waals surface area contributed by atoms with Crippen LogP contribution in [0.5, 0.6) is 0 Å². The molecule has 2 aromatic carbocycles. The van der Waals surface area contributed by atoms with Gasteiger partial charge in [0.1, 0.15) is 6.07 Å². The fourth-order valence-electron chi connectivity index (χ4n) is 5.67. The molecular formula is C32H34N10O. The van der Waals surface area contributed by atoms with Crippen molar-refractivity contribution in [3.8, 4) is 28.5 Å². The van der Waals surface area contributed by atoms with E-state index in [9.17, 15) is 10.4 Å². The van der Waals surface area contributed by atoms with E-state index in [0.717, 1.165) is 53.6 Å². The van der Waals surface area contributed by atoms with Crippen LogP contribution in [0.1, 0.15) is 36.8 Å². The maximum Gasteiger partial charge on any atom is 0.223 e. The molecule has 11 heteroatoms. The Morgan fingerprint density at radius 2 is 1.81 bits per heavy atom. The number of aromatic nitrogens is 6. The van der Waals surface area contributed by atoms with Crippen LogP contribution >= 0.6 is 0 Å². The van der Waals surface area contributed by atoms with Crippen LogP contribution in [-0.2, 0) is 13.6 Å². The van der Waals surface area contributed by atoms with E-state index < -0.39 is 6.35 Å². The van der Waals surface area contributed by atoms with E-state index in [1.165, 1.54) is 0 Å². The number of aromatic amines is 1. The molecule has 1 unspecified atom stereocenters. The van der Waals surface area contributed by atoms with Crippen molar-refractivity contribution in [1.29, 1.82) is 5.26 Å². The van der Waals surface area contributed by atoms with Gasteiger partial charge in [-0.25, -0.2) is 9.97 Å². The summed E-state index contributed by atoms with van der Waals surface area (Å²) in [4.78, 5) is 11.1. The van der Waals surface area contributed by atoms with Crippen LogP contribution in [0.2, 0.25) is 0 Å². The van der Waals surface area contributed by atoms with Gasteiger partial charge in [0.25, 0.3) is 0 Å². The number of aryl methyl sites for hydroxylation is 1. The summed E-state index contributed by atoms with van der Waals surface area (Å²) in [5.41, 5.74) is 5.89. The van der Waals surface area contributed by atoms with E-state index in [1.54, 1.807) is 23.3 Å². The Labute approximate surface area is 250 Å². The van der Waals surface area contributed by atoms with Crippen LogP contribution in [0.25, 0.3) is 22.4 Å². The standard InChI is InChI=1S/C32H34N10O/c1-41-21-26(20-38-41)23-7-11-28(12-8-23)42(32(43)35-16-22-5-3-2-4-6-22)29-13-9-27(10-14-29)39-31-34-17-24(15-33)30(40-31)25-18-36-37-19-25/h2-8,11-12,17-21,27,29,32,35,43H,9-10,13-14,16H2,1H3,(H,36,37)(H,34,39,40). The second-order valence-corrected chi connectivity index (χ2v) is 10.8. The quantitative estimate of drug-likeness (QED) is 0.178. The van der Waals surface area contributed by atoms with Crippen molar-refractivity contribution >= 4 is 11.6 Å². The van der Waals surface area contributed by atoms with Gasteiger partial charge in [-0.3, -0.25) is 15.1 Å². The maximum absolute atomic E-state index is 11.5. The minimum absolute atomic E-state index is 0.129. The number of benzene rings is 2. The third kappa shape index (κ3) is 6.56. The molecule has 3 heterocycles. The molecule has 0 spiro atoms. The number of nitrogens with zero attached hydrogens (tertiary/aromatic N) is 7. The Balaban J connectivity index is 1.16. The molecule has 0 aliphatic heterocycles. The van der Waals surface area contributed by atoms with Gasteiger partial charge >= 0.3 is 0 Å². The molecule has 0 radical (unpaired) electrons. The molecule has 1 saturated carbocycles. The van der Waals surface area contributed by atoms with Crippen molar-refractivity contribution in [3.05, 3.63) is 96.7 Å². The predicted octanol–water partition coefficient (Wildman–Crippen LogP) is 4.43. The van der Waals surface area contributed by atoms with Crippen LogP contribution in [0, 0.1) is 11.3 Å². The van der Waals surface area contributed by atoms with E-state index in [0.29, 0.717) is 23.8 Å². The van der Waals surface area contributed by atoms with Gasteiger partial charge in [-0.1, -0.05) is 42.5 Å².